The molecule has 5 nitrogen and oxygen atoms in total. The van der Waals surface area contributed by atoms with E-state index in [0.29, 0.717) is 23.6 Å². The summed E-state index contributed by atoms with van der Waals surface area (Å²) in [6, 6.07) is 8.93. The number of benzene rings is 2. The van der Waals surface area contributed by atoms with Gasteiger partial charge in [-0.1, -0.05) is 0 Å². The lowest BCUT2D eigenvalue weighted by Crippen LogP contribution is -2.09. The van der Waals surface area contributed by atoms with Gasteiger partial charge >= 0.3 is 0 Å². The standard InChI is InChI=1S/C16H15NO4/c1-3-21-14-8-13-11(15(18)16(14)19)7-9-6-10(20-2)4-5-12(9)17-13/h4-8,17,19H,3H2,1-2H3. The predicted molar refractivity (Wildman–Crippen MR) is 80.6 cm³/mol. The molecule has 21 heavy (non-hydrogen) atoms. The van der Waals surface area contributed by atoms with Crippen LogP contribution in [0.15, 0.2) is 35.1 Å². The van der Waals surface area contributed by atoms with Crippen molar-refractivity contribution in [3.8, 4) is 28.5 Å². The van der Waals surface area contributed by atoms with Crippen molar-refractivity contribution in [2.45, 2.75) is 6.92 Å². The smallest absolute Gasteiger partial charge is 0.233 e. The SMILES string of the molecule is CCOc1cc2[nH]c3ccc(OC)cc3cc-2c(=O)c1O. The maximum atomic E-state index is 12.2. The zero-order valence-electron chi connectivity index (χ0n) is 11.8. The van der Waals surface area contributed by atoms with Crippen LogP contribution in [-0.4, -0.2) is 23.8 Å². The molecule has 1 aromatic carbocycles. The average Bonchev–Trinajstić information content (AvgIpc) is 2.50. The molecule has 0 saturated heterocycles. The number of aromatic hydroxyl groups is 1. The van der Waals surface area contributed by atoms with Crippen molar-refractivity contribution in [2.24, 2.45) is 0 Å². The Hall–Kier alpha value is -2.69. The lowest BCUT2D eigenvalue weighted by atomic mass is 10.0. The van der Waals surface area contributed by atoms with Gasteiger partial charge in [0, 0.05) is 17.0 Å². The summed E-state index contributed by atoms with van der Waals surface area (Å²) < 4.78 is 10.5. The summed E-state index contributed by atoms with van der Waals surface area (Å²) in [5.41, 5.74) is 1.46. The summed E-state index contributed by atoms with van der Waals surface area (Å²) in [6.45, 7) is 2.17. The lowest BCUT2D eigenvalue weighted by Gasteiger charge is -2.12. The molecule has 1 heterocycles. The number of ether oxygens (including phenoxy) is 2. The first-order chi connectivity index (χ1) is 10.1. The number of nitrogens with one attached hydrogen (secondary N) is 1. The van der Waals surface area contributed by atoms with Crippen LogP contribution < -0.4 is 14.9 Å². The highest BCUT2D eigenvalue weighted by Gasteiger charge is 2.17. The molecule has 0 spiro atoms. The van der Waals surface area contributed by atoms with Gasteiger partial charge in [0.1, 0.15) is 5.75 Å². The summed E-state index contributed by atoms with van der Waals surface area (Å²) in [7, 11) is 1.59. The van der Waals surface area contributed by atoms with Gasteiger partial charge in [-0.25, -0.2) is 0 Å². The minimum Gasteiger partial charge on any atom is -0.502 e. The number of phenolic OH excluding ortho intramolecular Hbond substituents is 1. The Balaban J connectivity index is 2.33. The van der Waals surface area contributed by atoms with Crippen LogP contribution in [0.4, 0.5) is 0 Å². The minimum atomic E-state index is -0.447. The lowest BCUT2D eigenvalue weighted by molar-refractivity contribution is 0.317. The van der Waals surface area contributed by atoms with Crippen molar-refractivity contribution in [3.63, 3.8) is 0 Å². The fraction of sp³-hybridized carbons (Fsp3) is 0.188. The molecule has 1 aliphatic carbocycles. The topological polar surface area (TPSA) is 71.5 Å². The number of H-pyrrole nitrogens is 1. The van der Waals surface area contributed by atoms with Crippen LogP contribution in [0.5, 0.6) is 17.2 Å². The first-order valence-electron chi connectivity index (χ1n) is 6.63. The van der Waals surface area contributed by atoms with Crippen LogP contribution in [0.3, 0.4) is 0 Å². The largest absolute Gasteiger partial charge is 0.502 e. The summed E-state index contributed by atoms with van der Waals surface area (Å²) in [5, 5.41) is 10.8. The second-order valence-corrected chi connectivity index (χ2v) is 4.67. The first kappa shape index (κ1) is 13.3. The third kappa shape index (κ3) is 2.16. The van der Waals surface area contributed by atoms with E-state index in [1.54, 1.807) is 26.2 Å². The third-order valence-corrected chi connectivity index (χ3v) is 3.39. The number of phenols is 1. The maximum Gasteiger partial charge on any atom is 0.233 e. The molecule has 0 amide bonds. The molecule has 5 heteroatoms. The molecule has 0 saturated carbocycles. The number of fused-ring (bicyclic) bond motifs is 2. The van der Waals surface area contributed by atoms with Gasteiger partial charge in [0.15, 0.2) is 5.75 Å². The summed E-state index contributed by atoms with van der Waals surface area (Å²) in [4.78, 5) is 15.4. The van der Waals surface area contributed by atoms with Gasteiger partial charge in [-0.15, -0.1) is 0 Å². The fourth-order valence-corrected chi connectivity index (χ4v) is 2.35. The molecule has 0 unspecified atom stereocenters. The average molecular weight is 285 g/mol. The molecule has 2 aliphatic rings. The minimum absolute atomic E-state index is 0.194. The second kappa shape index (κ2) is 5.01. The van der Waals surface area contributed by atoms with Crippen LogP contribution in [0.1, 0.15) is 6.92 Å². The van der Waals surface area contributed by atoms with E-state index in [0.717, 1.165) is 10.9 Å². The highest BCUT2D eigenvalue weighted by molar-refractivity contribution is 5.87. The van der Waals surface area contributed by atoms with E-state index in [2.05, 4.69) is 4.98 Å². The van der Waals surface area contributed by atoms with E-state index >= 15 is 0 Å². The van der Waals surface area contributed by atoms with E-state index in [-0.39, 0.29) is 11.5 Å². The molecule has 0 radical (unpaired) electrons. The van der Waals surface area contributed by atoms with Gasteiger partial charge < -0.3 is 19.6 Å². The number of aromatic nitrogens is 1. The Bertz CT molecular complexity index is 838. The molecule has 0 fully saturated rings. The Labute approximate surface area is 121 Å². The number of hydrogen-bond acceptors (Lipinski definition) is 4. The van der Waals surface area contributed by atoms with Crippen LogP contribution >= 0.6 is 0 Å². The van der Waals surface area contributed by atoms with Crippen molar-refractivity contribution in [3.05, 3.63) is 40.6 Å². The van der Waals surface area contributed by atoms with E-state index in [1.165, 1.54) is 0 Å². The molecular formula is C16H15NO4. The second-order valence-electron chi connectivity index (χ2n) is 4.67. The van der Waals surface area contributed by atoms with E-state index in [1.807, 2.05) is 18.2 Å². The van der Waals surface area contributed by atoms with Gasteiger partial charge in [-0.05, 0) is 31.2 Å². The highest BCUT2D eigenvalue weighted by atomic mass is 16.5. The van der Waals surface area contributed by atoms with Crippen molar-refractivity contribution in [2.75, 3.05) is 13.7 Å². The van der Waals surface area contributed by atoms with Gasteiger partial charge in [0.05, 0.1) is 25.0 Å². The van der Waals surface area contributed by atoms with E-state index < -0.39 is 5.43 Å². The summed E-state index contributed by atoms with van der Waals surface area (Å²) in [5.74, 6) is 0.539. The van der Waals surface area contributed by atoms with Crippen LogP contribution in [-0.2, 0) is 0 Å². The Kier molecular flexibility index (Phi) is 3.17. The van der Waals surface area contributed by atoms with Crippen molar-refractivity contribution >= 4 is 10.9 Å². The quantitative estimate of drug-likeness (QED) is 0.726. The number of aromatic amines is 1. The molecule has 3 rings (SSSR count). The number of hydrogen-bond donors (Lipinski definition) is 2. The summed E-state index contributed by atoms with van der Waals surface area (Å²) in [6.07, 6.45) is 0. The van der Waals surface area contributed by atoms with Crippen molar-refractivity contribution < 1.29 is 14.6 Å². The Morgan fingerprint density at radius 3 is 2.76 bits per heavy atom. The third-order valence-electron chi connectivity index (χ3n) is 3.39. The number of rotatable bonds is 3. The number of methoxy groups -OCH3 is 1. The maximum absolute atomic E-state index is 12.2. The molecule has 108 valence electrons. The normalized spacial score (nSPS) is 11.0. The van der Waals surface area contributed by atoms with Gasteiger partial charge in [-0.2, -0.15) is 0 Å². The molecule has 1 aliphatic heterocycles. The predicted octanol–water partition coefficient (Wildman–Crippen LogP) is 2.75. The van der Waals surface area contributed by atoms with Gasteiger partial charge in [-0.3, -0.25) is 4.79 Å². The molecule has 0 aromatic heterocycles. The highest BCUT2D eigenvalue weighted by Crippen LogP contribution is 2.32. The first-order valence-corrected chi connectivity index (χ1v) is 6.63. The van der Waals surface area contributed by atoms with Gasteiger partial charge in [0.2, 0.25) is 11.2 Å². The Morgan fingerprint density at radius 1 is 1.24 bits per heavy atom. The van der Waals surface area contributed by atoms with Gasteiger partial charge in [0.25, 0.3) is 0 Å². The van der Waals surface area contributed by atoms with Crippen molar-refractivity contribution in [1.82, 2.24) is 4.98 Å². The number of pyridine rings is 1. The zero-order valence-corrected chi connectivity index (χ0v) is 11.8. The van der Waals surface area contributed by atoms with E-state index in [4.69, 9.17) is 9.47 Å². The molecule has 0 bridgehead atoms. The fourth-order valence-electron chi connectivity index (χ4n) is 2.35. The molecule has 1 aromatic rings. The zero-order chi connectivity index (χ0) is 15.0. The monoisotopic (exact) mass is 285 g/mol. The van der Waals surface area contributed by atoms with Crippen LogP contribution in [0, 0.1) is 0 Å². The van der Waals surface area contributed by atoms with E-state index in [9.17, 15) is 9.90 Å². The molecule has 2 N–H and O–H groups in total. The Morgan fingerprint density at radius 2 is 2.05 bits per heavy atom. The summed E-state index contributed by atoms with van der Waals surface area (Å²) >= 11 is 0. The molecular weight excluding hydrogens is 270 g/mol. The van der Waals surface area contributed by atoms with Crippen LogP contribution in [0.2, 0.25) is 0 Å². The van der Waals surface area contributed by atoms with Crippen molar-refractivity contribution in [1.29, 1.82) is 0 Å². The van der Waals surface area contributed by atoms with Crippen LogP contribution in [0.25, 0.3) is 22.2 Å². The molecule has 0 atom stereocenters.